The lowest BCUT2D eigenvalue weighted by molar-refractivity contribution is 0.570. The Morgan fingerprint density at radius 1 is 1.47 bits per heavy atom. The Hall–Kier alpha value is -1.58. The van der Waals surface area contributed by atoms with Crippen molar-refractivity contribution in [1.82, 2.24) is 14.8 Å². The number of nitrogens with zero attached hydrogens (tertiary/aromatic N) is 3. The molecule has 1 aliphatic rings. The second-order valence-corrected chi connectivity index (χ2v) is 4.14. The summed E-state index contributed by atoms with van der Waals surface area (Å²) in [5, 5.41) is 4.50. The minimum atomic E-state index is 0.630. The van der Waals surface area contributed by atoms with Gasteiger partial charge in [0.05, 0.1) is 17.0 Å². The van der Waals surface area contributed by atoms with Gasteiger partial charge < -0.3 is 4.42 Å². The highest BCUT2D eigenvalue weighted by molar-refractivity contribution is 5.62. The molecule has 0 amide bonds. The summed E-state index contributed by atoms with van der Waals surface area (Å²) >= 11 is 0. The molecular weight excluding hydrogens is 190 g/mol. The smallest absolute Gasteiger partial charge is 0.181 e. The summed E-state index contributed by atoms with van der Waals surface area (Å²) in [6, 6.07) is 0. The average Bonchev–Trinajstić information content (AvgIpc) is 2.86. The summed E-state index contributed by atoms with van der Waals surface area (Å²) in [7, 11) is 1.95. The van der Waals surface area contributed by atoms with Gasteiger partial charge in [0.15, 0.2) is 12.2 Å². The Labute approximate surface area is 87.9 Å². The molecule has 1 fully saturated rings. The summed E-state index contributed by atoms with van der Waals surface area (Å²) in [6.07, 6.45) is 6.00. The second-order valence-electron chi connectivity index (χ2n) is 4.14. The van der Waals surface area contributed by atoms with Crippen LogP contribution in [0.1, 0.15) is 30.1 Å². The van der Waals surface area contributed by atoms with Crippen LogP contribution in [0, 0.1) is 6.92 Å². The molecule has 0 atom stereocenters. The highest BCUT2D eigenvalue weighted by Gasteiger charge is 2.30. The number of aryl methyl sites for hydroxylation is 2. The second kappa shape index (κ2) is 2.95. The van der Waals surface area contributed by atoms with Crippen LogP contribution >= 0.6 is 0 Å². The van der Waals surface area contributed by atoms with Crippen molar-refractivity contribution >= 4 is 0 Å². The zero-order valence-corrected chi connectivity index (χ0v) is 8.90. The third-order valence-corrected chi connectivity index (χ3v) is 2.81. The first kappa shape index (κ1) is 8.71. The number of hydrogen-bond donors (Lipinski definition) is 0. The van der Waals surface area contributed by atoms with Crippen LogP contribution < -0.4 is 0 Å². The third kappa shape index (κ3) is 1.37. The fraction of sp³-hybridized carbons (Fsp3) is 0.455. The third-order valence-electron chi connectivity index (χ3n) is 2.81. The van der Waals surface area contributed by atoms with Gasteiger partial charge in [-0.1, -0.05) is 0 Å². The lowest BCUT2D eigenvalue weighted by atomic mass is 10.1. The van der Waals surface area contributed by atoms with Crippen LogP contribution in [0.5, 0.6) is 0 Å². The Bertz CT molecular complexity index is 494. The molecule has 0 unspecified atom stereocenters. The van der Waals surface area contributed by atoms with E-state index in [1.165, 1.54) is 19.2 Å². The van der Waals surface area contributed by atoms with Crippen molar-refractivity contribution in [2.75, 3.05) is 0 Å². The number of hydrogen-bond acceptors (Lipinski definition) is 3. The minimum Gasteiger partial charge on any atom is -0.443 e. The molecule has 0 aromatic carbocycles. The standard InChI is InChI=1S/C11H13N3O/c1-7-11(15-6-12-7)9-5-14(2)13-10(9)8-3-4-8/h5-6,8H,3-4H2,1-2H3. The van der Waals surface area contributed by atoms with E-state index in [2.05, 4.69) is 10.1 Å². The van der Waals surface area contributed by atoms with Crippen molar-refractivity contribution in [3.8, 4) is 11.3 Å². The Kier molecular flexibility index (Phi) is 1.71. The molecule has 4 nitrogen and oxygen atoms in total. The van der Waals surface area contributed by atoms with E-state index in [0.29, 0.717) is 5.92 Å². The van der Waals surface area contributed by atoms with E-state index in [9.17, 15) is 0 Å². The normalized spacial score (nSPS) is 15.9. The van der Waals surface area contributed by atoms with E-state index < -0.39 is 0 Å². The largest absolute Gasteiger partial charge is 0.443 e. The molecule has 0 aliphatic heterocycles. The summed E-state index contributed by atoms with van der Waals surface area (Å²) in [6.45, 7) is 1.96. The van der Waals surface area contributed by atoms with E-state index in [4.69, 9.17) is 4.42 Å². The first-order valence-corrected chi connectivity index (χ1v) is 5.19. The first-order chi connectivity index (χ1) is 7.25. The molecule has 78 valence electrons. The van der Waals surface area contributed by atoms with E-state index >= 15 is 0 Å². The van der Waals surface area contributed by atoms with Crippen LogP contribution in [0.4, 0.5) is 0 Å². The van der Waals surface area contributed by atoms with Gasteiger partial charge in [0.25, 0.3) is 0 Å². The van der Waals surface area contributed by atoms with Gasteiger partial charge in [-0.2, -0.15) is 5.10 Å². The van der Waals surface area contributed by atoms with E-state index in [1.807, 2.05) is 24.9 Å². The van der Waals surface area contributed by atoms with Crippen LogP contribution in [0.25, 0.3) is 11.3 Å². The van der Waals surface area contributed by atoms with Gasteiger partial charge in [-0.25, -0.2) is 4.98 Å². The lowest BCUT2D eigenvalue weighted by Crippen LogP contribution is -1.89. The summed E-state index contributed by atoms with van der Waals surface area (Å²) in [5.41, 5.74) is 3.21. The molecule has 0 spiro atoms. The summed E-state index contributed by atoms with van der Waals surface area (Å²) in [4.78, 5) is 4.12. The molecule has 2 aromatic heterocycles. The zero-order chi connectivity index (χ0) is 10.4. The molecule has 1 saturated carbocycles. The van der Waals surface area contributed by atoms with Gasteiger partial charge >= 0.3 is 0 Å². The van der Waals surface area contributed by atoms with Gasteiger partial charge in [-0.05, 0) is 19.8 Å². The van der Waals surface area contributed by atoms with Gasteiger partial charge in [0.1, 0.15) is 0 Å². The average molecular weight is 203 g/mol. The molecule has 3 rings (SSSR count). The fourth-order valence-electron chi connectivity index (χ4n) is 1.90. The van der Waals surface area contributed by atoms with Crippen molar-refractivity contribution in [2.45, 2.75) is 25.7 Å². The molecule has 2 heterocycles. The Balaban J connectivity index is 2.14. The SMILES string of the molecule is Cc1ncoc1-c1cn(C)nc1C1CC1. The number of rotatable bonds is 2. The quantitative estimate of drug-likeness (QED) is 0.752. The van der Waals surface area contributed by atoms with E-state index in [1.54, 1.807) is 0 Å². The van der Waals surface area contributed by atoms with Crippen molar-refractivity contribution in [3.63, 3.8) is 0 Å². The van der Waals surface area contributed by atoms with Crippen molar-refractivity contribution in [2.24, 2.45) is 7.05 Å². The van der Waals surface area contributed by atoms with Crippen LogP contribution in [0.15, 0.2) is 17.0 Å². The summed E-state index contributed by atoms with van der Waals surface area (Å²) in [5.74, 6) is 1.50. The Morgan fingerprint density at radius 2 is 2.27 bits per heavy atom. The molecule has 15 heavy (non-hydrogen) atoms. The van der Waals surface area contributed by atoms with Gasteiger partial charge in [0, 0.05) is 19.2 Å². The van der Waals surface area contributed by atoms with E-state index in [0.717, 1.165) is 22.7 Å². The van der Waals surface area contributed by atoms with Crippen LogP contribution in [-0.2, 0) is 7.05 Å². The highest BCUT2D eigenvalue weighted by Crippen LogP contribution is 2.43. The van der Waals surface area contributed by atoms with Crippen molar-refractivity contribution in [1.29, 1.82) is 0 Å². The van der Waals surface area contributed by atoms with Gasteiger partial charge in [0.2, 0.25) is 0 Å². The number of oxazole rings is 1. The maximum Gasteiger partial charge on any atom is 0.181 e. The minimum absolute atomic E-state index is 0.630. The predicted molar refractivity (Wildman–Crippen MR) is 55.4 cm³/mol. The maximum absolute atomic E-state index is 5.42. The van der Waals surface area contributed by atoms with E-state index in [-0.39, 0.29) is 0 Å². The van der Waals surface area contributed by atoms with Crippen LogP contribution in [0.2, 0.25) is 0 Å². The van der Waals surface area contributed by atoms with Crippen LogP contribution in [-0.4, -0.2) is 14.8 Å². The topological polar surface area (TPSA) is 43.9 Å². The summed E-state index contributed by atoms with van der Waals surface area (Å²) < 4.78 is 7.27. The molecule has 1 aliphatic carbocycles. The van der Waals surface area contributed by atoms with Gasteiger partial charge in [-0.3, -0.25) is 4.68 Å². The number of aromatic nitrogens is 3. The highest BCUT2D eigenvalue weighted by atomic mass is 16.3. The molecule has 2 aromatic rings. The monoisotopic (exact) mass is 203 g/mol. The molecule has 0 radical (unpaired) electrons. The predicted octanol–water partition coefficient (Wildman–Crippen LogP) is 2.26. The van der Waals surface area contributed by atoms with Gasteiger partial charge in [-0.15, -0.1) is 0 Å². The maximum atomic E-state index is 5.42. The molecule has 0 saturated heterocycles. The molecule has 4 heteroatoms. The lowest BCUT2D eigenvalue weighted by Gasteiger charge is -1.96. The Morgan fingerprint density at radius 3 is 2.87 bits per heavy atom. The van der Waals surface area contributed by atoms with Crippen molar-refractivity contribution in [3.05, 3.63) is 24.0 Å². The first-order valence-electron chi connectivity index (χ1n) is 5.19. The zero-order valence-electron chi connectivity index (χ0n) is 8.90. The fourth-order valence-corrected chi connectivity index (χ4v) is 1.90. The van der Waals surface area contributed by atoms with Crippen molar-refractivity contribution < 1.29 is 4.42 Å². The molecule has 0 N–H and O–H groups in total. The molecular formula is C11H13N3O. The van der Waals surface area contributed by atoms with Crippen LogP contribution in [0.3, 0.4) is 0 Å². The molecule has 0 bridgehead atoms.